The number of halogens is 3. The molecule has 0 heterocycles. The lowest BCUT2D eigenvalue weighted by Gasteiger charge is -2.13. The number of aliphatic hydroxyl groups is 1. The summed E-state index contributed by atoms with van der Waals surface area (Å²) in [4.78, 5) is 22.9. The number of nitrogens with one attached hydrogen (secondary N) is 1. The topological polar surface area (TPSA) is 66.4 Å². The number of rotatable bonds is 7. The molecule has 0 spiro atoms. The first-order valence-corrected chi connectivity index (χ1v) is 7.01. The van der Waals surface area contributed by atoms with Gasteiger partial charge in [-0.1, -0.05) is 30.3 Å². The fraction of sp³-hybridized carbons (Fsp3) is 0.375. The first kappa shape index (κ1) is 18.9. The van der Waals surface area contributed by atoms with Gasteiger partial charge in [0.2, 0.25) is 12.0 Å². The van der Waals surface area contributed by atoms with Gasteiger partial charge in [-0.3, -0.25) is 9.59 Å². The summed E-state index contributed by atoms with van der Waals surface area (Å²) in [6, 6.07) is 9.16. The van der Waals surface area contributed by atoms with E-state index < -0.39 is 24.5 Å². The summed E-state index contributed by atoms with van der Waals surface area (Å²) in [7, 11) is 0. The molecule has 0 aliphatic heterocycles. The molecular weight excluding hydrogens is 311 g/mol. The quantitative estimate of drug-likeness (QED) is 0.597. The van der Waals surface area contributed by atoms with E-state index in [1.807, 2.05) is 30.3 Å². The standard InChI is InChI=1S/C16H18F3NO3/c1-11(10-12-6-3-2-4-7-12)15(23)20-9-5-8-13(21)14(22)16(17,18)19/h2-4,6-7,10,14,22H,5,8-9H2,1H3,(H,20,23)/b11-10+. The predicted octanol–water partition coefficient (Wildman–Crippen LogP) is 2.48. The van der Waals surface area contributed by atoms with Crippen LogP contribution in [0.1, 0.15) is 25.3 Å². The van der Waals surface area contributed by atoms with Crippen molar-refractivity contribution in [2.24, 2.45) is 0 Å². The van der Waals surface area contributed by atoms with Crippen molar-refractivity contribution in [2.75, 3.05) is 6.54 Å². The smallest absolute Gasteiger partial charge is 0.377 e. The maximum atomic E-state index is 12.1. The number of carbonyl (C=O) groups is 2. The zero-order valence-corrected chi connectivity index (χ0v) is 12.6. The molecule has 0 saturated carbocycles. The van der Waals surface area contributed by atoms with Gasteiger partial charge in [-0.25, -0.2) is 0 Å². The van der Waals surface area contributed by atoms with Gasteiger partial charge in [-0.2, -0.15) is 13.2 Å². The van der Waals surface area contributed by atoms with Crippen LogP contribution in [0, 0.1) is 0 Å². The number of carbonyl (C=O) groups excluding carboxylic acids is 2. The molecule has 2 N–H and O–H groups in total. The molecule has 0 aromatic heterocycles. The van der Waals surface area contributed by atoms with E-state index >= 15 is 0 Å². The molecule has 0 radical (unpaired) electrons. The molecule has 1 rings (SSSR count). The van der Waals surface area contributed by atoms with Crippen LogP contribution in [0.25, 0.3) is 6.08 Å². The number of hydrogen-bond donors (Lipinski definition) is 2. The normalized spacial score (nSPS) is 13.5. The molecule has 7 heteroatoms. The third kappa shape index (κ3) is 6.65. The van der Waals surface area contributed by atoms with E-state index in [4.69, 9.17) is 5.11 Å². The Morgan fingerprint density at radius 1 is 1.26 bits per heavy atom. The van der Waals surface area contributed by atoms with Crippen molar-refractivity contribution in [1.29, 1.82) is 0 Å². The minimum Gasteiger partial charge on any atom is -0.377 e. The van der Waals surface area contributed by atoms with E-state index in [1.54, 1.807) is 13.0 Å². The van der Waals surface area contributed by atoms with E-state index in [2.05, 4.69) is 5.32 Å². The molecule has 1 amide bonds. The van der Waals surface area contributed by atoms with Gasteiger partial charge in [0.05, 0.1) is 0 Å². The van der Waals surface area contributed by atoms with Gasteiger partial charge in [0.25, 0.3) is 0 Å². The summed E-state index contributed by atoms with van der Waals surface area (Å²) in [5.41, 5.74) is 1.29. The molecule has 126 valence electrons. The Labute approximate surface area is 132 Å². The second kappa shape index (κ2) is 8.47. The van der Waals surface area contributed by atoms with Crippen molar-refractivity contribution in [3.05, 3.63) is 41.5 Å². The Morgan fingerprint density at radius 3 is 2.43 bits per heavy atom. The summed E-state index contributed by atoms with van der Waals surface area (Å²) in [6.07, 6.45) is -6.67. The van der Waals surface area contributed by atoms with Gasteiger partial charge in [0, 0.05) is 18.5 Å². The average molecular weight is 329 g/mol. The van der Waals surface area contributed by atoms with Crippen LogP contribution in [0.15, 0.2) is 35.9 Å². The molecule has 0 aliphatic rings. The van der Waals surface area contributed by atoms with Crippen molar-refractivity contribution in [1.82, 2.24) is 5.32 Å². The van der Waals surface area contributed by atoms with Gasteiger partial charge in [0.1, 0.15) is 0 Å². The lowest BCUT2D eigenvalue weighted by Crippen LogP contribution is -2.36. The fourth-order valence-corrected chi connectivity index (χ4v) is 1.79. The Bertz CT molecular complexity index is 568. The van der Waals surface area contributed by atoms with E-state index in [1.165, 1.54) is 0 Å². The fourth-order valence-electron chi connectivity index (χ4n) is 1.79. The number of hydrogen-bond acceptors (Lipinski definition) is 3. The molecule has 1 aromatic rings. The lowest BCUT2D eigenvalue weighted by molar-refractivity contribution is -0.203. The highest BCUT2D eigenvalue weighted by atomic mass is 19.4. The number of ketones is 1. The van der Waals surface area contributed by atoms with Crippen LogP contribution in [0.3, 0.4) is 0 Å². The molecular formula is C16H18F3NO3. The SMILES string of the molecule is C/C(=C\c1ccccc1)C(=O)NCCCC(=O)C(O)C(F)(F)F. The largest absolute Gasteiger partial charge is 0.421 e. The Hall–Kier alpha value is -2.15. The van der Waals surface area contributed by atoms with Crippen LogP contribution in [-0.4, -0.2) is 35.6 Å². The highest BCUT2D eigenvalue weighted by molar-refractivity contribution is 5.97. The van der Waals surface area contributed by atoms with Crippen LogP contribution in [0.5, 0.6) is 0 Å². The van der Waals surface area contributed by atoms with Crippen LogP contribution in [0.2, 0.25) is 0 Å². The minimum atomic E-state index is -4.95. The average Bonchev–Trinajstić information content (AvgIpc) is 2.50. The van der Waals surface area contributed by atoms with Gasteiger partial charge < -0.3 is 10.4 Å². The first-order chi connectivity index (χ1) is 10.7. The number of aliphatic hydroxyl groups excluding tert-OH is 1. The first-order valence-electron chi connectivity index (χ1n) is 7.01. The molecule has 1 atom stereocenters. The maximum Gasteiger partial charge on any atom is 0.421 e. The molecule has 0 saturated heterocycles. The number of benzene rings is 1. The second-order valence-electron chi connectivity index (χ2n) is 5.01. The number of Topliss-reactive ketones (excluding diaryl/α,β-unsaturated/α-hetero) is 1. The van der Waals surface area contributed by atoms with Crippen molar-refractivity contribution in [3.63, 3.8) is 0 Å². The van der Waals surface area contributed by atoms with Crippen molar-refractivity contribution in [2.45, 2.75) is 32.0 Å². The molecule has 1 aromatic carbocycles. The van der Waals surface area contributed by atoms with Crippen molar-refractivity contribution in [3.8, 4) is 0 Å². The number of alkyl halides is 3. The van der Waals surface area contributed by atoms with E-state index in [0.717, 1.165) is 5.56 Å². The highest BCUT2D eigenvalue weighted by Crippen LogP contribution is 2.21. The monoisotopic (exact) mass is 329 g/mol. The molecule has 1 unspecified atom stereocenters. The van der Waals surface area contributed by atoms with Gasteiger partial charge in [-0.05, 0) is 25.0 Å². The Kier molecular flexibility index (Phi) is 6.96. The van der Waals surface area contributed by atoms with Crippen LogP contribution in [-0.2, 0) is 9.59 Å². The molecule has 0 fully saturated rings. The zero-order valence-electron chi connectivity index (χ0n) is 12.6. The van der Waals surface area contributed by atoms with Crippen LogP contribution >= 0.6 is 0 Å². The molecule has 23 heavy (non-hydrogen) atoms. The summed E-state index contributed by atoms with van der Waals surface area (Å²) < 4.78 is 36.3. The predicted molar refractivity (Wildman–Crippen MR) is 79.4 cm³/mol. The highest BCUT2D eigenvalue weighted by Gasteiger charge is 2.42. The Balaban J connectivity index is 2.37. The maximum absolute atomic E-state index is 12.1. The van der Waals surface area contributed by atoms with Crippen LogP contribution < -0.4 is 5.32 Å². The second-order valence-corrected chi connectivity index (χ2v) is 5.01. The molecule has 4 nitrogen and oxygen atoms in total. The third-order valence-corrected chi connectivity index (χ3v) is 3.04. The third-order valence-electron chi connectivity index (χ3n) is 3.04. The van der Waals surface area contributed by atoms with Gasteiger partial charge in [0.15, 0.2) is 5.78 Å². The summed E-state index contributed by atoms with van der Waals surface area (Å²) >= 11 is 0. The lowest BCUT2D eigenvalue weighted by atomic mass is 10.1. The molecule has 0 bridgehead atoms. The van der Waals surface area contributed by atoms with Gasteiger partial charge in [-0.15, -0.1) is 0 Å². The molecule has 0 aliphatic carbocycles. The van der Waals surface area contributed by atoms with E-state index in [0.29, 0.717) is 5.57 Å². The van der Waals surface area contributed by atoms with Crippen LogP contribution in [0.4, 0.5) is 13.2 Å². The van der Waals surface area contributed by atoms with E-state index in [9.17, 15) is 22.8 Å². The van der Waals surface area contributed by atoms with Gasteiger partial charge >= 0.3 is 6.18 Å². The number of amides is 1. The zero-order chi connectivity index (χ0) is 17.5. The van der Waals surface area contributed by atoms with E-state index in [-0.39, 0.29) is 18.9 Å². The summed E-state index contributed by atoms with van der Waals surface area (Å²) in [5, 5.41) is 11.3. The van der Waals surface area contributed by atoms with Crippen molar-refractivity contribution >= 4 is 17.8 Å². The Morgan fingerprint density at radius 2 is 1.87 bits per heavy atom. The summed E-state index contributed by atoms with van der Waals surface area (Å²) in [5.74, 6) is -1.67. The summed E-state index contributed by atoms with van der Waals surface area (Å²) in [6.45, 7) is 1.66. The van der Waals surface area contributed by atoms with Crippen molar-refractivity contribution < 1.29 is 27.9 Å². The minimum absolute atomic E-state index is 0.0241.